The Balaban J connectivity index is 1.89. The highest BCUT2D eigenvalue weighted by Gasteiger charge is 2.51. The molecular formula is C24H25N. The van der Waals surface area contributed by atoms with Crippen LogP contribution in [0, 0.1) is 0 Å². The molecule has 0 fully saturated rings. The molecule has 25 heavy (non-hydrogen) atoms. The SMILES string of the molecule is CC1(C)c2cnc(-c3ccccc3)cc2C(C)(C)C1c1ccccc1. The molecule has 0 bridgehead atoms. The number of pyridine rings is 1. The predicted octanol–water partition coefficient (Wildman–Crippen LogP) is 6.10. The maximum Gasteiger partial charge on any atom is 0.0705 e. The summed E-state index contributed by atoms with van der Waals surface area (Å²) in [4.78, 5) is 4.81. The van der Waals surface area contributed by atoms with Gasteiger partial charge in [-0.15, -0.1) is 0 Å². The summed E-state index contributed by atoms with van der Waals surface area (Å²) in [5, 5.41) is 0. The van der Waals surface area contributed by atoms with E-state index in [4.69, 9.17) is 4.98 Å². The molecule has 1 heterocycles. The highest BCUT2D eigenvalue weighted by molar-refractivity contribution is 5.63. The van der Waals surface area contributed by atoms with E-state index in [1.165, 1.54) is 22.3 Å². The lowest BCUT2D eigenvalue weighted by molar-refractivity contribution is 0.330. The Bertz CT molecular complexity index is 892. The van der Waals surface area contributed by atoms with Crippen LogP contribution in [0.5, 0.6) is 0 Å². The monoisotopic (exact) mass is 327 g/mol. The second kappa shape index (κ2) is 5.56. The Morgan fingerprint density at radius 2 is 1.28 bits per heavy atom. The van der Waals surface area contributed by atoms with Crippen molar-refractivity contribution in [2.75, 3.05) is 0 Å². The Morgan fingerprint density at radius 1 is 0.720 bits per heavy atom. The van der Waals surface area contributed by atoms with E-state index in [1.54, 1.807) is 0 Å². The Labute approximate surface area is 150 Å². The summed E-state index contributed by atoms with van der Waals surface area (Å²) in [6.45, 7) is 9.49. The van der Waals surface area contributed by atoms with Gasteiger partial charge in [-0.3, -0.25) is 4.98 Å². The number of aromatic nitrogens is 1. The third kappa shape index (κ3) is 2.41. The topological polar surface area (TPSA) is 12.9 Å². The van der Waals surface area contributed by atoms with E-state index < -0.39 is 0 Å². The summed E-state index contributed by atoms with van der Waals surface area (Å²) < 4.78 is 0. The van der Waals surface area contributed by atoms with Crippen molar-refractivity contribution in [2.24, 2.45) is 0 Å². The second-order valence-electron chi connectivity index (χ2n) is 8.27. The van der Waals surface area contributed by atoms with Crippen LogP contribution in [0.15, 0.2) is 72.9 Å². The molecule has 3 aromatic rings. The van der Waals surface area contributed by atoms with Crippen LogP contribution in [0.4, 0.5) is 0 Å². The number of hydrogen-bond donors (Lipinski definition) is 0. The molecule has 0 amide bonds. The van der Waals surface area contributed by atoms with Crippen molar-refractivity contribution in [2.45, 2.75) is 44.4 Å². The fraction of sp³-hybridized carbons (Fsp3) is 0.292. The molecule has 0 spiro atoms. The minimum absolute atomic E-state index is 0.0579. The van der Waals surface area contributed by atoms with Gasteiger partial charge >= 0.3 is 0 Å². The summed E-state index contributed by atoms with van der Waals surface area (Å²) in [6, 6.07) is 23.7. The maximum atomic E-state index is 4.81. The van der Waals surface area contributed by atoms with Gasteiger partial charge in [0.05, 0.1) is 5.69 Å². The first kappa shape index (κ1) is 16.1. The summed E-state index contributed by atoms with van der Waals surface area (Å²) >= 11 is 0. The lowest BCUT2D eigenvalue weighted by Gasteiger charge is -2.36. The first-order valence-electron chi connectivity index (χ1n) is 9.04. The summed E-state index contributed by atoms with van der Waals surface area (Å²) in [6.07, 6.45) is 2.11. The van der Waals surface area contributed by atoms with E-state index in [1.807, 2.05) is 0 Å². The molecule has 2 aromatic carbocycles. The Morgan fingerprint density at radius 3 is 1.92 bits per heavy atom. The van der Waals surface area contributed by atoms with Crippen LogP contribution >= 0.6 is 0 Å². The van der Waals surface area contributed by atoms with Gasteiger partial charge in [-0.1, -0.05) is 88.4 Å². The zero-order valence-corrected chi connectivity index (χ0v) is 15.5. The second-order valence-corrected chi connectivity index (χ2v) is 8.27. The predicted molar refractivity (Wildman–Crippen MR) is 105 cm³/mol. The fourth-order valence-electron chi connectivity index (χ4n) is 4.96. The Kier molecular flexibility index (Phi) is 3.57. The lowest BCUT2D eigenvalue weighted by atomic mass is 9.67. The number of fused-ring (bicyclic) bond motifs is 1. The van der Waals surface area contributed by atoms with Gasteiger partial charge in [-0.25, -0.2) is 0 Å². The van der Waals surface area contributed by atoms with Crippen LogP contribution in [0.3, 0.4) is 0 Å². The van der Waals surface area contributed by atoms with Gasteiger partial charge in [0.1, 0.15) is 0 Å². The van der Waals surface area contributed by atoms with Crippen molar-refractivity contribution in [3.63, 3.8) is 0 Å². The molecule has 0 radical (unpaired) electrons. The summed E-state index contributed by atoms with van der Waals surface area (Å²) in [7, 11) is 0. The maximum absolute atomic E-state index is 4.81. The fourth-order valence-corrected chi connectivity index (χ4v) is 4.96. The smallest absolute Gasteiger partial charge is 0.0705 e. The van der Waals surface area contributed by atoms with E-state index in [2.05, 4.69) is 101 Å². The molecule has 1 atom stereocenters. The van der Waals surface area contributed by atoms with Crippen molar-refractivity contribution in [1.29, 1.82) is 0 Å². The molecule has 1 aliphatic carbocycles. The molecule has 1 heteroatoms. The van der Waals surface area contributed by atoms with Crippen molar-refractivity contribution in [3.05, 3.63) is 89.6 Å². The molecule has 1 aliphatic rings. The highest BCUT2D eigenvalue weighted by atomic mass is 14.7. The molecule has 4 rings (SSSR count). The van der Waals surface area contributed by atoms with Gasteiger partial charge in [0, 0.05) is 17.7 Å². The molecule has 0 saturated heterocycles. The third-order valence-electron chi connectivity index (χ3n) is 5.94. The van der Waals surface area contributed by atoms with Crippen molar-refractivity contribution >= 4 is 0 Å². The number of nitrogens with zero attached hydrogens (tertiary/aromatic N) is 1. The molecule has 1 aromatic heterocycles. The quantitative estimate of drug-likeness (QED) is 0.554. The minimum atomic E-state index is 0.0579. The van der Waals surface area contributed by atoms with Crippen LogP contribution in [-0.4, -0.2) is 4.98 Å². The van der Waals surface area contributed by atoms with Gasteiger partial charge < -0.3 is 0 Å². The first-order chi connectivity index (χ1) is 11.9. The average Bonchev–Trinajstić information content (AvgIpc) is 2.78. The zero-order chi connectivity index (χ0) is 17.7. The highest BCUT2D eigenvalue weighted by Crippen LogP contribution is 2.58. The Hall–Kier alpha value is -2.41. The average molecular weight is 327 g/mol. The minimum Gasteiger partial charge on any atom is -0.256 e. The first-order valence-corrected chi connectivity index (χ1v) is 9.04. The molecule has 0 N–H and O–H groups in total. The normalized spacial score (nSPS) is 20.2. The molecule has 1 nitrogen and oxygen atoms in total. The molecule has 0 saturated carbocycles. The molecule has 1 unspecified atom stereocenters. The van der Waals surface area contributed by atoms with Gasteiger partial charge in [0.15, 0.2) is 0 Å². The summed E-state index contributed by atoms with van der Waals surface area (Å²) in [5.41, 5.74) is 6.59. The van der Waals surface area contributed by atoms with Crippen LogP contribution < -0.4 is 0 Å². The van der Waals surface area contributed by atoms with Gasteiger partial charge in [0.2, 0.25) is 0 Å². The molecule has 0 aliphatic heterocycles. The van der Waals surface area contributed by atoms with Crippen molar-refractivity contribution in [1.82, 2.24) is 4.98 Å². The van der Waals surface area contributed by atoms with Crippen molar-refractivity contribution < 1.29 is 0 Å². The lowest BCUT2D eigenvalue weighted by Crippen LogP contribution is -2.31. The van der Waals surface area contributed by atoms with Crippen LogP contribution in [0.1, 0.15) is 50.3 Å². The van der Waals surface area contributed by atoms with Gasteiger partial charge in [-0.05, 0) is 33.6 Å². The number of hydrogen-bond acceptors (Lipinski definition) is 1. The van der Waals surface area contributed by atoms with Crippen LogP contribution in [0.2, 0.25) is 0 Å². The van der Waals surface area contributed by atoms with E-state index in [9.17, 15) is 0 Å². The summed E-state index contributed by atoms with van der Waals surface area (Å²) in [5.74, 6) is 0.434. The molecular weight excluding hydrogens is 302 g/mol. The van der Waals surface area contributed by atoms with E-state index in [0.29, 0.717) is 5.92 Å². The van der Waals surface area contributed by atoms with E-state index in [0.717, 1.165) is 5.69 Å². The third-order valence-corrected chi connectivity index (χ3v) is 5.94. The number of rotatable bonds is 2. The standard InChI is InChI=1S/C24H25N/c1-23(2)19-15-21(17-11-7-5-8-12-17)25-16-20(19)24(3,4)22(23)18-13-9-6-10-14-18/h5-16,22H,1-4H3. The van der Waals surface area contributed by atoms with E-state index >= 15 is 0 Å². The van der Waals surface area contributed by atoms with Crippen molar-refractivity contribution in [3.8, 4) is 11.3 Å². The van der Waals surface area contributed by atoms with Crippen LogP contribution in [-0.2, 0) is 10.8 Å². The number of benzene rings is 2. The van der Waals surface area contributed by atoms with E-state index in [-0.39, 0.29) is 10.8 Å². The molecule has 126 valence electrons. The largest absolute Gasteiger partial charge is 0.256 e. The van der Waals surface area contributed by atoms with Gasteiger partial charge in [0.25, 0.3) is 0 Å². The zero-order valence-electron chi connectivity index (χ0n) is 15.5. The van der Waals surface area contributed by atoms with Crippen LogP contribution in [0.25, 0.3) is 11.3 Å². The van der Waals surface area contributed by atoms with Gasteiger partial charge in [-0.2, -0.15) is 0 Å².